The lowest BCUT2D eigenvalue weighted by molar-refractivity contribution is 0.0988. The lowest BCUT2D eigenvalue weighted by Crippen LogP contribution is -2.29. The Labute approximate surface area is 140 Å². The van der Waals surface area contributed by atoms with Crippen LogP contribution in [0.25, 0.3) is 0 Å². The van der Waals surface area contributed by atoms with Crippen LogP contribution in [0.15, 0.2) is 39.8 Å². The highest BCUT2D eigenvalue weighted by atomic mass is 32.2. The Kier molecular flexibility index (Phi) is 4.20. The summed E-state index contributed by atoms with van der Waals surface area (Å²) in [4.78, 5) is 14.4. The van der Waals surface area contributed by atoms with Gasteiger partial charge in [-0.15, -0.1) is 0 Å². The first-order valence-electron chi connectivity index (χ1n) is 7.49. The molecule has 1 aliphatic rings. The van der Waals surface area contributed by atoms with E-state index < -0.39 is 10.0 Å². The molecule has 0 atom stereocenters. The second-order valence-corrected chi connectivity index (χ2v) is 7.94. The van der Waals surface area contributed by atoms with E-state index in [2.05, 4.69) is 0 Å². The van der Waals surface area contributed by atoms with Crippen molar-refractivity contribution in [3.05, 3.63) is 47.4 Å². The number of sulfonamides is 1. The normalized spacial score (nSPS) is 14.2. The fraction of sp³-hybridized carbons (Fsp3) is 0.312. The summed E-state index contributed by atoms with van der Waals surface area (Å²) >= 11 is 0. The molecule has 0 saturated carbocycles. The van der Waals surface area contributed by atoms with E-state index in [0.29, 0.717) is 30.0 Å². The molecule has 0 bridgehead atoms. The van der Waals surface area contributed by atoms with Crippen molar-refractivity contribution in [2.24, 2.45) is 5.73 Å². The van der Waals surface area contributed by atoms with Crippen molar-refractivity contribution in [3.8, 4) is 0 Å². The Hall–Kier alpha value is -2.16. The van der Waals surface area contributed by atoms with Gasteiger partial charge >= 0.3 is 0 Å². The fourth-order valence-electron chi connectivity index (χ4n) is 2.70. The van der Waals surface area contributed by atoms with Crippen LogP contribution < -0.4 is 10.6 Å². The number of amides is 1. The van der Waals surface area contributed by atoms with Crippen LogP contribution >= 0.6 is 0 Å². The van der Waals surface area contributed by atoms with Gasteiger partial charge in [0.15, 0.2) is 0 Å². The number of anilines is 1. The van der Waals surface area contributed by atoms with Crippen LogP contribution in [0.4, 0.5) is 5.69 Å². The largest absolute Gasteiger partial charge is 0.467 e. The van der Waals surface area contributed by atoms with Gasteiger partial charge in [0.05, 0.1) is 17.0 Å². The van der Waals surface area contributed by atoms with Crippen LogP contribution in [0.3, 0.4) is 0 Å². The zero-order chi connectivity index (χ0) is 17.5. The molecule has 0 spiro atoms. The summed E-state index contributed by atoms with van der Waals surface area (Å²) in [6.07, 6.45) is 2.06. The van der Waals surface area contributed by atoms with Crippen molar-refractivity contribution >= 4 is 21.6 Å². The Balaban J connectivity index is 1.97. The summed E-state index contributed by atoms with van der Waals surface area (Å²) < 4.78 is 31.0. The number of benzene rings is 1. The highest BCUT2D eigenvalue weighted by Crippen LogP contribution is 2.32. The molecular formula is C16H19N3O4S. The van der Waals surface area contributed by atoms with Gasteiger partial charge in [0, 0.05) is 26.3 Å². The highest BCUT2D eigenvalue weighted by molar-refractivity contribution is 7.89. The summed E-state index contributed by atoms with van der Waals surface area (Å²) in [6, 6.07) is 6.51. The molecule has 0 fully saturated rings. The smallest absolute Gasteiger partial charge is 0.261 e. The van der Waals surface area contributed by atoms with Gasteiger partial charge in [-0.2, -0.15) is 0 Å². The fourth-order valence-corrected chi connectivity index (χ4v) is 3.62. The summed E-state index contributed by atoms with van der Waals surface area (Å²) in [7, 11) is -0.597. The minimum atomic E-state index is -3.55. The molecular weight excluding hydrogens is 330 g/mol. The maximum Gasteiger partial charge on any atom is 0.261 e. The average molecular weight is 349 g/mol. The standard InChI is InChI=1S/C16H19N3O4S/c1-18(2)24(21,22)14-4-3-11-5-6-19(15(11)8-14)16(20)12-7-13(9-17)23-10-12/h3-4,7-8,10H,5-6,9,17H2,1-2H3. The lowest BCUT2D eigenvalue weighted by atomic mass is 10.2. The second-order valence-electron chi connectivity index (χ2n) is 5.79. The number of carbonyl (C=O) groups excluding carboxylic acids is 1. The van der Waals surface area contributed by atoms with E-state index in [4.69, 9.17) is 10.2 Å². The van der Waals surface area contributed by atoms with Gasteiger partial charge in [0.1, 0.15) is 12.0 Å². The minimum Gasteiger partial charge on any atom is -0.467 e. The van der Waals surface area contributed by atoms with Gasteiger partial charge < -0.3 is 15.1 Å². The number of fused-ring (bicyclic) bond motifs is 1. The molecule has 1 amide bonds. The highest BCUT2D eigenvalue weighted by Gasteiger charge is 2.29. The third kappa shape index (κ3) is 2.72. The summed E-state index contributed by atoms with van der Waals surface area (Å²) in [5, 5.41) is 0. The molecule has 24 heavy (non-hydrogen) atoms. The van der Waals surface area contributed by atoms with Gasteiger partial charge in [-0.25, -0.2) is 12.7 Å². The minimum absolute atomic E-state index is 0.167. The first-order valence-corrected chi connectivity index (χ1v) is 8.93. The molecule has 7 nitrogen and oxygen atoms in total. The van der Waals surface area contributed by atoms with E-state index in [1.54, 1.807) is 29.2 Å². The predicted octanol–water partition coefficient (Wildman–Crippen LogP) is 1.19. The van der Waals surface area contributed by atoms with Crippen LogP contribution in [0.1, 0.15) is 21.7 Å². The van der Waals surface area contributed by atoms with Crippen LogP contribution in [-0.2, 0) is 23.0 Å². The van der Waals surface area contributed by atoms with Gasteiger partial charge in [-0.1, -0.05) is 6.07 Å². The molecule has 1 aromatic carbocycles. The number of hydrogen-bond acceptors (Lipinski definition) is 5. The predicted molar refractivity (Wildman–Crippen MR) is 89.3 cm³/mol. The second kappa shape index (κ2) is 6.04. The maximum atomic E-state index is 12.7. The molecule has 2 aromatic rings. The van der Waals surface area contributed by atoms with Crippen LogP contribution in [0, 0.1) is 0 Å². The molecule has 0 saturated heterocycles. The number of furan rings is 1. The Bertz CT molecular complexity index is 886. The summed E-state index contributed by atoms with van der Waals surface area (Å²) in [6.45, 7) is 0.720. The van der Waals surface area contributed by atoms with Gasteiger partial charge in [-0.05, 0) is 30.2 Å². The summed E-state index contributed by atoms with van der Waals surface area (Å²) in [5.74, 6) is 0.304. The Morgan fingerprint density at radius 1 is 1.33 bits per heavy atom. The van der Waals surface area contributed by atoms with Crippen molar-refractivity contribution in [2.75, 3.05) is 25.5 Å². The van der Waals surface area contributed by atoms with E-state index in [-0.39, 0.29) is 17.3 Å². The third-order valence-electron chi connectivity index (χ3n) is 4.08. The number of nitrogens with zero attached hydrogens (tertiary/aromatic N) is 2. The topological polar surface area (TPSA) is 96.9 Å². The molecule has 8 heteroatoms. The zero-order valence-electron chi connectivity index (χ0n) is 13.5. The van der Waals surface area contributed by atoms with E-state index in [1.807, 2.05) is 0 Å². The summed E-state index contributed by atoms with van der Waals surface area (Å²) in [5.41, 5.74) is 7.48. The SMILES string of the molecule is CN(C)S(=O)(=O)c1ccc2c(c1)N(C(=O)c1coc(CN)c1)CC2. The average Bonchev–Trinajstić information content (AvgIpc) is 3.20. The molecule has 0 aliphatic carbocycles. The van der Waals surface area contributed by atoms with Gasteiger partial charge in [0.25, 0.3) is 5.91 Å². The number of carbonyl (C=O) groups is 1. The van der Waals surface area contributed by atoms with Crippen LogP contribution in [0.2, 0.25) is 0 Å². The van der Waals surface area contributed by atoms with E-state index in [1.165, 1.54) is 20.4 Å². The van der Waals surface area contributed by atoms with Crippen molar-refractivity contribution in [1.29, 1.82) is 0 Å². The Morgan fingerprint density at radius 2 is 2.08 bits per heavy atom. The zero-order valence-corrected chi connectivity index (χ0v) is 14.3. The quantitative estimate of drug-likeness (QED) is 0.894. The maximum absolute atomic E-state index is 12.7. The van der Waals surface area contributed by atoms with E-state index >= 15 is 0 Å². The molecule has 128 valence electrons. The van der Waals surface area contributed by atoms with E-state index in [9.17, 15) is 13.2 Å². The third-order valence-corrected chi connectivity index (χ3v) is 5.89. The van der Waals surface area contributed by atoms with E-state index in [0.717, 1.165) is 9.87 Å². The monoisotopic (exact) mass is 349 g/mol. The van der Waals surface area contributed by atoms with Gasteiger partial charge in [0.2, 0.25) is 10.0 Å². The molecule has 1 aromatic heterocycles. The van der Waals surface area contributed by atoms with Crippen LogP contribution in [0.5, 0.6) is 0 Å². The Morgan fingerprint density at radius 3 is 2.71 bits per heavy atom. The van der Waals surface area contributed by atoms with Crippen molar-refractivity contribution in [1.82, 2.24) is 4.31 Å². The van der Waals surface area contributed by atoms with Gasteiger partial charge in [-0.3, -0.25) is 4.79 Å². The lowest BCUT2D eigenvalue weighted by Gasteiger charge is -2.18. The van der Waals surface area contributed by atoms with Crippen LogP contribution in [-0.4, -0.2) is 39.3 Å². The number of rotatable bonds is 4. The molecule has 2 N–H and O–H groups in total. The number of hydrogen-bond donors (Lipinski definition) is 1. The molecule has 1 aliphatic heterocycles. The number of nitrogens with two attached hydrogens (primary N) is 1. The van der Waals surface area contributed by atoms with Crippen molar-refractivity contribution in [2.45, 2.75) is 17.9 Å². The molecule has 2 heterocycles. The first kappa shape index (κ1) is 16.7. The molecule has 0 radical (unpaired) electrons. The first-order chi connectivity index (χ1) is 11.3. The molecule has 3 rings (SSSR count). The molecule has 0 unspecified atom stereocenters. The van der Waals surface area contributed by atoms with Crippen molar-refractivity contribution < 1.29 is 17.6 Å². The van der Waals surface area contributed by atoms with Crippen molar-refractivity contribution in [3.63, 3.8) is 0 Å².